The van der Waals surface area contributed by atoms with Crippen molar-refractivity contribution in [1.29, 1.82) is 0 Å². The molecule has 0 bridgehead atoms. The normalized spacial score (nSPS) is 12.2. The maximum atomic E-state index is 13.7. The highest BCUT2D eigenvalue weighted by molar-refractivity contribution is 7.47. The topological polar surface area (TPSA) is 18.5 Å². The van der Waals surface area contributed by atoms with Gasteiger partial charge in [0.1, 0.15) is 5.82 Å². The largest absolute Gasteiger partial charge is 0.331 e. The molecule has 0 aliphatic rings. The Morgan fingerprint density at radius 1 is 1.15 bits per heavy atom. The zero-order valence-electron chi connectivity index (χ0n) is 12.2. The van der Waals surface area contributed by atoms with Crippen molar-refractivity contribution in [2.75, 3.05) is 0 Å². The predicted molar refractivity (Wildman–Crippen MR) is 84.8 cm³/mol. The molecule has 0 atom stereocenters. The summed E-state index contributed by atoms with van der Waals surface area (Å²) in [6, 6.07) is 7.10. The third-order valence-corrected chi connectivity index (χ3v) is 5.73. The molecule has 0 saturated heterocycles. The summed E-state index contributed by atoms with van der Waals surface area (Å²) in [7, 11) is -0.974. The monoisotopic (exact) mass is 314 g/mol. The van der Waals surface area contributed by atoms with Gasteiger partial charge in [-0.3, -0.25) is 0 Å². The molecule has 110 valence electrons. The molecule has 2 aromatic rings. The number of thiophene rings is 1. The quantitative estimate of drug-likeness (QED) is 0.636. The summed E-state index contributed by atoms with van der Waals surface area (Å²) in [4.78, 5) is 1.11. The van der Waals surface area contributed by atoms with Crippen LogP contribution < -0.4 is 0 Å². The second-order valence-electron chi connectivity index (χ2n) is 5.16. The predicted octanol–water partition coefficient (Wildman–Crippen LogP) is 5.70. The van der Waals surface area contributed by atoms with Gasteiger partial charge in [0.2, 0.25) is 0 Å². The molecule has 0 unspecified atom stereocenters. The van der Waals surface area contributed by atoms with Crippen LogP contribution in [0.3, 0.4) is 0 Å². The van der Waals surface area contributed by atoms with Crippen LogP contribution in [-0.4, -0.2) is 12.2 Å². The van der Waals surface area contributed by atoms with E-state index in [2.05, 4.69) is 0 Å². The van der Waals surface area contributed by atoms with Gasteiger partial charge in [0.05, 0.1) is 18.4 Å². The first-order valence-electron chi connectivity index (χ1n) is 6.73. The van der Waals surface area contributed by atoms with E-state index in [9.17, 15) is 4.39 Å². The zero-order valence-corrected chi connectivity index (χ0v) is 13.9. The number of halogens is 1. The number of fused-ring (bicyclic) bond motifs is 1. The van der Waals surface area contributed by atoms with Gasteiger partial charge in [0.25, 0.3) is 0 Å². The first-order valence-corrected chi connectivity index (χ1v) is 8.91. The summed E-state index contributed by atoms with van der Waals surface area (Å²) >= 11 is 1.61. The molecule has 2 nitrogen and oxygen atoms in total. The lowest BCUT2D eigenvalue weighted by molar-refractivity contribution is 0.177. The van der Waals surface area contributed by atoms with Crippen LogP contribution in [0.25, 0.3) is 10.1 Å². The Bertz CT molecular complexity index is 558. The van der Waals surface area contributed by atoms with Crippen LogP contribution in [0, 0.1) is 5.82 Å². The summed E-state index contributed by atoms with van der Waals surface area (Å²) < 4.78 is 26.4. The summed E-state index contributed by atoms with van der Waals surface area (Å²) in [5, 5.41) is 0.691. The van der Waals surface area contributed by atoms with Crippen molar-refractivity contribution in [3.05, 3.63) is 35.0 Å². The van der Waals surface area contributed by atoms with Crippen LogP contribution in [0.1, 0.15) is 32.6 Å². The highest BCUT2D eigenvalue weighted by Crippen LogP contribution is 2.46. The van der Waals surface area contributed by atoms with Crippen LogP contribution in [-0.2, 0) is 15.2 Å². The smallest absolute Gasteiger partial charge is 0.176 e. The van der Waals surface area contributed by atoms with Gasteiger partial charge in [0, 0.05) is 15.0 Å². The molecule has 0 N–H and O–H groups in total. The zero-order chi connectivity index (χ0) is 14.7. The fourth-order valence-corrected chi connectivity index (χ4v) is 4.78. The lowest BCUT2D eigenvalue weighted by Gasteiger charge is -2.21. The third-order valence-electron chi connectivity index (χ3n) is 2.50. The molecule has 1 aromatic carbocycles. The minimum Gasteiger partial charge on any atom is -0.331 e. The molecule has 0 fully saturated rings. The Morgan fingerprint density at radius 3 is 2.35 bits per heavy atom. The van der Waals surface area contributed by atoms with Gasteiger partial charge < -0.3 is 9.05 Å². The van der Waals surface area contributed by atoms with E-state index in [-0.39, 0.29) is 18.0 Å². The first-order chi connectivity index (χ1) is 9.45. The second kappa shape index (κ2) is 6.95. The van der Waals surface area contributed by atoms with Crippen molar-refractivity contribution in [2.45, 2.75) is 46.1 Å². The van der Waals surface area contributed by atoms with Crippen LogP contribution in [0.4, 0.5) is 4.39 Å². The van der Waals surface area contributed by atoms with E-state index in [1.807, 2.05) is 39.8 Å². The Balaban J connectivity index is 2.17. The van der Waals surface area contributed by atoms with Crippen LogP contribution in [0.2, 0.25) is 0 Å². The molecule has 20 heavy (non-hydrogen) atoms. The van der Waals surface area contributed by atoms with Crippen molar-refractivity contribution in [1.82, 2.24) is 0 Å². The van der Waals surface area contributed by atoms with E-state index in [0.717, 1.165) is 9.58 Å². The molecule has 0 aliphatic carbocycles. The van der Waals surface area contributed by atoms with Gasteiger partial charge in [-0.2, -0.15) is 0 Å². The fourth-order valence-electron chi connectivity index (χ4n) is 1.85. The van der Waals surface area contributed by atoms with Crippen LogP contribution in [0.5, 0.6) is 0 Å². The Kier molecular flexibility index (Phi) is 5.50. The average molecular weight is 314 g/mol. The highest BCUT2D eigenvalue weighted by Gasteiger charge is 2.17. The lowest BCUT2D eigenvalue weighted by atomic mass is 10.2. The molecule has 0 saturated carbocycles. The average Bonchev–Trinajstić information content (AvgIpc) is 2.71. The maximum Gasteiger partial charge on any atom is 0.176 e. The van der Waals surface area contributed by atoms with E-state index in [0.29, 0.717) is 11.5 Å². The number of hydrogen-bond acceptors (Lipinski definition) is 3. The van der Waals surface area contributed by atoms with E-state index in [1.54, 1.807) is 17.4 Å². The molecule has 0 amide bonds. The number of benzene rings is 1. The fraction of sp³-hybridized carbons (Fsp3) is 0.467. The molecule has 1 aromatic heterocycles. The van der Waals surface area contributed by atoms with Crippen molar-refractivity contribution in [3.8, 4) is 0 Å². The van der Waals surface area contributed by atoms with E-state index in [4.69, 9.17) is 9.05 Å². The van der Waals surface area contributed by atoms with Gasteiger partial charge in [0.15, 0.2) is 8.38 Å². The summed E-state index contributed by atoms with van der Waals surface area (Å²) in [5.74, 6) is -0.163. The van der Waals surface area contributed by atoms with E-state index >= 15 is 0 Å². The minimum atomic E-state index is -0.974. The summed E-state index contributed by atoms with van der Waals surface area (Å²) in [5.41, 5.74) is 0. The van der Waals surface area contributed by atoms with Crippen molar-refractivity contribution in [3.63, 3.8) is 0 Å². The summed E-state index contributed by atoms with van der Waals surface area (Å²) in [6.45, 7) is 8.01. The van der Waals surface area contributed by atoms with Crippen molar-refractivity contribution >= 4 is 29.8 Å². The molecular weight excluding hydrogens is 294 g/mol. The van der Waals surface area contributed by atoms with Gasteiger partial charge in [-0.25, -0.2) is 4.39 Å². The Morgan fingerprint density at radius 2 is 1.80 bits per heavy atom. The van der Waals surface area contributed by atoms with E-state index < -0.39 is 8.38 Å². The van der Waals surface area contributed by atoms with Crippen LogP contribution in [0.15, 0.2) is 24.3 Å². The molecule has 0 radical (unpaired) electrons. The van der Waals surface area contributed by atoms with Gasteiger partial charge >= 0.3 is 0 Å². The third kappa shape index (κ3) is 4.23. The molecule has 2 rings (SSSR count). The van der Waals surface area contributed by atoms with Gasteiger partial charge in [-0.05, 0) is 45.9 Å². The lowest BCUT2D eigenvalue weighted by Crippen LogP contribution is -2.05. The number of hydrogen-bond donors (Lipinski definition) is 0. The van der Waals surface area contributed by atoms with Gasteiger partial charge in [-0.15, -0.1) is 11.3 Å². The summed E-state index contributed by atoms with van der Waals surface area (Å²) in [6.07, 6.45) is 0.974. The van der Waals surface area contributed by atoms with Crippen molar-refractivity contribution in [2.24, 2.45) is 0 Å². The minimum absolute atomic E-state index is 0.131. The SMILES string of the molecule is CC(C)OP(Cc1cc2c(F)cccc2s1)OC(C)C. The second-order valence-corrected chi connectivity index (χ2v) is 7.74. The highest BCUT2D eigenvalue weighted by atomic mass is 32.1. The standard InChI is InChI=1S/C15H20FO2PS/c1-10(2)17-19(18-11(3)4)9-12-8-13-14(16)6-5-7-15(13)20-12/h5-8,10-11H,9H2,1-4H3. The first kappa shape index (κ1) is 15.8. The molecule has 0 spiro atoms. The molecular formula is C15H20FO2PS. The molecule has 0 aliphatic heterocycles. The Labute approximate surface area is 124 Å². The molecule has 1 heterocycles. The Hall–Kier alpha value is -0.540. The van der Waals surface area contributed by atoms with Crippen molar-refractivity contribution < 1.29 is 13.4 Å². The maximum absolute atomic E-state index is 13.7. The molecule has 5 heteroatoms. The van der Waals surface area contributed by atoms with Gasteiger partial charge in [-0.1, -0.05) is 6.07 Å². The van der Waals surface area contributed by atoms with E-state index in [1.165, 1.54) is 6.07 Å². The number of rotatable bonds is 6. The van der Waals surface area contributed by atoms with Crippen LogP contribution >= 0.6 is 19.7 Å².